The number of ether oxygens (including phenoxy) is 3. The number of hydrogen-bond donors (Lipinski definition) is 3. The number of aliphatic hydroxyl groups is 1. The number of aromatic nitrogens is 2. The summed E-state index contributed by atoms with van der Waals surface area (Å²) in [7, 11) is 0. The molecule has 2 fully saturated rings. The van der Waals surface area contributed by atoms with Crippen molar-refractivity contribution < 1.29 is 19.3 Å². The van der Waals surface area contributed by atoms with Gasteiger partial charge in [0, 0.05) is 18.3 Å². The van der Waals surface area contributed by atoms with Gasteiger partial charge in [0.05, 0.1) is 6.61 Å². The van der Waals surface area contributed by atoms with E-state index in [-0.39, 0.29) is 23.5 Å². The predicted molar refractivity (Wildman–Crippen MR) is 78.6 cm³/mol. The number of nitrogens with one attached hydrogen (secondary N) is 1. The van der Waals surface area contributed by atoms with Gasteiger partial charge in [-0.1, -0.05) is 0 Å². The lowest BCUT2D eigenvalue weighted by atomic mass is 10.1. The van der Waals surface area contributed by atoms with Crippen LogP contribution in [0.5, 0.6) is 0 Å². The summed E-state index contributed by atoms with van der Waals surface area (Å²) in [5, 5.41) is 9.49. The van der Waals surface area contributed by atoms with Crippen LogP contribution in [-0.2, 0) is 20.8 Å². The van der Waals surface area contributed by atoms with Crippen LogP contribution in [0.4, 0.5) is 0 Å². The fourth-order valence-electron chi connectivity index (χ4n) is 2.89. The zero-order valence-corrected chi connectivity index (χ0v) is 13.1. The van der Waals surface area contributed by atoms with Gasteiger partial charge in [-0.05, 0) is 26.1 Å². The van der Waals surface area contributed by atoms with Crippen molar-refractivity contribution in [3.05, 3.63) is 26.9 Å². The van der Waals surface area contributed by atoms with Gasteiger partial charge in [-0.2, -0.15) is 0 Å². The Morgan fingerprint density at radius 1 is 1.45 bits per heavy atom. The van der Waals surface area contributed by atoms with E-state index in [1.807, 2.05) is 0 Å². The zero-order chi connectivity index (χ0) is 16.1. The lowest BCUT2D eigenvalue weighted by Crippen LogP contribution is -2.31. The maximum absolute atomic E-state index is 11.7. The third kappa shape index (κ3) is 2.53. The van der Waals surface area contributed by atoms with E-state index in [4.69, 9.17) is 32.2 Å². The smallest absolute Gasteiger partial charge is 0.256 e. The summed E-state index contributed by atoms with van der Waals surface area (Å²) in [6, 6.07) is 0. The first-order valence-corrected chi connectivity index (χ1v) is 7.43. The average molecular weight is 329 g/mol. The standard InChI is InChI=1S/C13H19N3O5S/c1-13(2)20-8-7(5-17)19-11(9(8)21-13)16-4-6(3-14)10(18)15-12(16)22/h4,7-9,11,17H,3,5,14H2,1-2H3,(H,15,18,22)/t7-,8?,9+,11-/m1/s1. The van der Waals surface area contributed by atoms with Crippen LogP contribution >= 0.6 is 12.2 Å². The van der Waals surface area contributed by atoms with Gasteiger partial charge in [-0.25, -0.2) is 0 Å². The minimum atomic E-state index is -0.772. The molecule has 0 radical (unpaired) electrons. The van der Waals surface area contributed by atoms with E-state index in [1.165, 1.54) is 0 Å². The van der Waals surface area contributed by atoms with Crippen LogP contribution in [-0.4, -0.2) is 45.4 Å². The molecule has 1 aromatic heterocycles. The molecule has 0 spiro atoms. The van der Waals surface area contributed by atoms with Crippen molar-refractivity contribution in [1.29, 1.82) is 0 Å². The fourth-order valence-corrected chi connectivity index (χ4v) is 3.14. The van der Waals surface area contributed by atoms with E-state index in [2.05, 4.69) is 4.98 Å². The second-order valence-electron chi connectivity index (χ2n) is 5.84. The van der Waals surface area contributed by atoms with Gasteiger partial charge in [0.2, 0.25) is 0 Å². The van der Waals surface area contributed by atoms with Crippen LogP contribution in [0, 0.1) is 4.77 Å². The molecule has 8 nitrogen and oxygen atoms in total. The normalized spacial score (nSPS) is 33.1. The summed E-state index contributed by atoms with van der Waals surface area (Å²) in [5.41, 5.74) is 5.64. The van der Waals surface area contributed by atoms with Crippen LogP contribution in [0.25, 0.3) is 0 Å². The topological polar surface area (TPSA) is 112 Å². The number of aromatic amines is 1. The quantitative estimate of drug-likeness (QED) is 0.657. The van der Waals surface area contributed by atoms with E-state index < -0.39 is 30.3 Å². The largest absolute Gasteiger partial charge is 0.394 e. The SMILES string of the molecule is CC1(C)OC2[C@@H](CO)O[C@@H](n3cc(CN)c(=O)[nH]c3=S)[C@H]2O1. The highest BCUT2D eigenvalue weighted by Crippen LogP contribution is 2.42. The van der Waals surface area contributed by atoms with Gasteiger partial charge in [0.15, 0.2) is 16.8 Å². The van der Waals surface area contributed by atoms with E-state index in [0.29, 0.717) is 5.56 Å². The monoisotopic (exact) mass is 329 g/mol. The Bertz CT molecular complexity index is 685. The van der Waals surface area contributed by atoms with E-state index in [0.717, 1.165) is 0 Å². The van der Waals surface area contributed by atoms with Gasteiger partial charge in [-0.3, -0.25) is 14.3 Å². The van der Waals surface area contributed by atoms with E-state index in [9.17, 15) is 9.90 Å². The van der Waals surface area contributed by atoms with Crippen molar-refractivity contribution in [2.24, 2.45) is 5.73 Å². The number of fused-ring (bicyclic) bond motifs is 1. The lowest BCUT2D eigenvalue weighted by Gasteiger charge is -2.25. The molecule has 3 heterocycles. The molecule has 0 aromatic carbocycles. The Labute approximate surface area is 131 Å². The molecule has 3 rings (SSSR count). The summed E-state index contributed by atoms with van der Waals surface area (Å²) in [6.45, 7) is 3.48. The van der Waals surface area contributed by atoms with Crippen LogP contribution in [0.3, 0.4) is 0 Å². The summed E-state index contributed by atoms with van der Waals surface area (Å²) in [6.07, 6.45) is -0.391. The number of rotatable bonds is 3. The molecule has 1 unspecified atom stereocenters. The van der Waals surface area contributed by atoms with Crippen LogP contribution in [0.15, 0.2) is 11.0 Å². The van der Waals surface area contributed by atoms with Crippen LogP contribution in [0.1, 0.15) is 25.6 Å². The zero-order valence-electron chi connectivity index (χ0n) is 12.3. The molecule has 1 aromatic rings. The molecule has 0 aliphatic carbocycles. The van der Waals surface area contributed by atoms with Crippen molar-refractivity contribution >= 4 is 12.2 Å². The Morgan fingerprint density at radius 3 is 2.77 bits per heavy atom. The van der Waals surface area contributed by atoms with Crippen molar-refractivity contribution in [2.45, 2.75) is 50.7 Å². The highest BCUT2D eigenvalue weighted by Gasteiger charge is 2.55. The Balaban J connectivity index is 2.02. The maximum Gasteiger partial charge on any atom is 0.256 e. The van der Waals surface area contributed by atoms with Crippen molar-refractivity contribution in [3.8, 4) is 0 Å². The van der Waals surface area contributed by atoms with E-state index in [1.54, 1.807) is 24.6 Å². The lowest BCUT2D eigenvalue weighted by molar-refractivity contribution is -0.200. The fraction of sp³-hybridized carbons (Fsp3) is 0.692. The van der Waals surface area contributed by atoms with Gasteiger partial charge in [0.25, 0.3) is 5.56 Å². The first-order chi connectivity index (χ1) is 10.4. The first kappa shape index (κ1) is 15.8. The number of aliphatic hydroxyl groups excluding tert-OH is 1. The minimum absolute atomic E-state index is 0.0814. The molecule has 0 bridgehead atoms. The van der Waals surface area contributed by atoms with Crippen molar-refractivity contribution in [2.75, 3.05) is 6.61 Å². The van der Waals surface area contributed by atoms with Crippen molar-refractivity contribution in [3.63, 3.8) is 0 Å². The number of nitrogens with zero attached hydrogens (tertiary/aromatic N) is 1. The summed E-state index contributed by atoms with van der Waals surface area (Å²) < 4.78 is 19.3. The summed E-state index contributed by atoms with van der Waals surface area (Å²) in [4.78, 5) is 14.3. The molecule has 4 atom stereocenters. The third-order valence-corrected chi connectivity index (χ3v) is 4.15. The third-order valence-electron chi connectivity index (χ3n) is 3.84. The first-order valence-electron chi connectivity index (χ1n) is 7.02. The molecule has 0 saturated carbocycles. The van der Waals surface area contributed by atoms with Crippen LogP contribution < -0.4 is 11.3 Å². The molecule has 4 N–H and O–H groups in total. The molecule has 2 aliphatic rings. The predicted octanol–water partition coefficient (Wildman–Crippen LogP) is -0.226. The maximum atomic E-state index is 11.7. The van der Waals surface area contributed by atoms with E-state index >= 15 is 0 Å². The molecule has 2 saturated heterocycles. The molecule has 122 valence electrons. The molecule has 22 heavy (non-hydrogen) atoms. The molecular formula is C13H19N3O5S. The summed E-state index contributed by atoms with van der Waals surface area (Å²) >= 11 is 5.20. The molecule has 9 heteroatoms. The Hall–Kier alpha value is -1.10. The number of H-pyrrole nitrogens is 1. The second-order valence-corrected chi connectivity index (χ2v) is 6.22. The molecule has 2 aliphatic heterocycles. The van der Waals surface area contributed by atoms with Gasteiger partial charge >= 0.3 is 0 Å². The Morgan fingerprint density at radius 2 is 2.14 bits per heavy atom. The molecular weight excluding hydrogens is 310 g/mol. The van der Waals surface area contributed by atoms with Gasteiger partial charge in [-0.15, -0.1) is 0 Å². The second kappa shape index (κ2) is 5.52. The highest BCUT2D eigenvalue weighted by molar-refractivity contribution is 7.71. The average Bonchev–Trinajstić information content (AvgIpc) is 2.92. The Kier molecular flexibility index (Phi) is 3.96. The minimum Gasteiger partial charge on any atom is -0.394 e. The van der Waals surface area contributed by atoms with Gasteiger partial charge in [0.1, 0.15) is 18.3 Å². The molecule has 0 amide bonds. The number of hydrogen-bond acceptors (Lipinski definition) is 7. The van der Waals surface area contributed by atoms with Crippen molar-refractivity contribution in [1.82, 2.24) is 9.55 Å². The van der Waals surface area contributed by atoms with Gasteiger partial charge < -0.3 is 25.1 Å². The summed E-state index contributed by atoms with van der Waals surface area (Å²) in [5.74, 6) is -0.772. The number of nitrogens with two attached hydrogens (primary N) is 1. The highest BCUT2D eigenvalue weighted by atomic mass is 32.1. The van der Waals surface area contributed by atoms with Crippen LogP contribution in [0.2, 0.25) is 0 Å².